The van der Waals surface area contributed by atoms with Crippen LogP contribution < -0.4 is 5.73 Å². The van der Waals surface area contributed by atoms with E-state index in [9.17, 15) is 0 Å². The first-order valence-electron chi connectivity index (χ1n) is 6.77. The van der Waals surface area contributed by atoms with Gasteiger partial charge in [0, 0.05) is 29.9 Å². The zero-order chi connectivity index (χ0) is 12.8. The highest BCUT2D eigenvalue weighted by molar-refractivity contribution is 7.99. The third kappa shape index (κ3) is 4.63. The quantitative estimate of drug-likeness (QED) is 0.830. The van der Waals surface area contributed by atoms with Gasteiger partial charge in [0.25, 0.3) is 0 Å². The maximum Gasteiger partial charge on any atom is 0.0468 e. The second-order valence-electron chi connectivity index (χ2n) is 5.18. The summed E-state index contributed by atoms with van der Waals surface area (Å²) in [5.74, 6) is 1.79. The molecule has 0 amide bonds. The number of thioether (sulfide) groups is 1. The summed E-state index contributed by atoms with van der Waals surface area (Å²) in [7, 11) is 0. The van der Waals surface area contributed by atoms with Crippen LogP contribution in [0.4, 0.5) is 0 Å². The second-order valence-corrected chi connectivity index (χ2v) is 6.27. The molecule has 3 heteroatoms. The minimum Gasteiger partial charge on any atom is -0.381 e. The predicted octanol–water partition coefficient (Wildman–Crippen LogP) is 3.23. The lowest BCUT2D eigenvalue weighted by molar-refractivity contribution is 0.0625. The molecule has 1 fully saturated rings. The summed E-state index contributed by atoms with van der Waals surface area (Å²) in [5.41, 5.74) is 7.53. The number of aryl methyl sites for hydroxylation is 1. The molecule has 100 valence electrons. The third-order valence-electron chi connectivity index (χ3n) is 3.46. The van der Waals surface area contributed by atoms with E-state index in [-0.39, 0.29) is 0 Å². The van der Waals surface area contributed by atoms with Crippen LogP contribution in [0, 0.1) is 12.8 Å². The minimum atomic E-state index is 0.305. The fourth-order valence-electron chi connectivity index (χ4n) is 2.32. The zero-order valence-corrected chi connectivity index (χ0v) is 11.9. The first kappa shape index (κ1) is 13.9. The van der Waals surface area contributed by atoms with Gasteiger partial charge in [-0.15, -0.1) is 11.8 Å². The number of rotatable bonds is 5. The zero-order valence-electron chi connectivity index (χ0n) is 11.1. The first-order valence-corrected chi connectivity index (χ1v) is 7.75. The highest BCUT2D eigenvalue weighted by atomic mass is 32.2. The van der Waals surface area contributed by atoms with Gasteiger partial charge in [-0.25, -0.2) is 0 Å². The topological polar surface area (TPSA) is 35.2 Å². The molecule has 2 N–H and O–H groups in total. The molecule has 1 aromatic carbocycles. The van der Waals surface area contributed by atoms with Gasteiger partial charge in [-0.05, 0) is 44.2 Å². The molecular weight excluding hydrogens is 242 g/mol. The van der Waals surface area contributed by atoms with Gasteiger partial charge in [0.05, 0.1) is 0 Å². The molecule has 1 aliphatic rings. The largest absolute Gasteiger partial charge is 0.381 e. The highest BCUT2D eigenvalue weighted by Crippen LogP contribution is 2.23. The Labute approximate surface area is 114 Å². The molecule has 1 heterocycles. The lowest BCUT2D eigenvalue weighted by atomic mass is 9.93. The summed E-state index contributed by atoms with van der Waals surface area (Å²) in [6.45, 7) is 3.95. The maximum atomic E-state index is 6.22. The van der Waals surface area contributed by atoms with Crippen molar-refractivity contribution in [3.8, 4) is 0 Å². The summed E-state index contributed by atoms with van der Waals surface area (Å²) < 4.78 is 5.38. The van der Waals surface area contributed by atoms with Crippen molar-refractivity contribution in [2.24, 2.45) is 11.7 Å². The van der Waals surface area contributed by atoms with Gasteiger partial charge in [0.2, 0.25) is 0 Å². The van der Waals surface area contributed by atoms with Crippen LogP contribution in [0.5, 0.6) is 0 Å². The second kappa shape index (κ2) is 7.17. The molecule has 1 aliphatic heterocycles. The van der Waals surface area contributed by atoms with Crippen molar-refractivity contribution in [1.82, 2.24) is 0 Å². The Morgan fingerprint density at radius 1 is 1.28 bits per heavy atom. The highest BCUT2D eigenvalue weighted by Gasteiger charge is 2.17. The average molecular weight is 265 g/mol. The van der Waals surface area contributed by atoms with Gasteiger partial charge in [0.1, 0.15) is 0 Å². The molecule has 1 unspecified atom stereocenters. The van der Waals surface area contributed by atoms with E-state index in [2.05, 4.69) is 31.2 Å². The van der Waals surface area contributed by atoms with Gasteiger partial charge in [-0.3, -0.25) is 0 Å². The van der Waals surface area contributed by atoms with Crippen molar-refractivity contribution < 1.29 is 4.74 Å². The Balaban J connectivity index is 1.70. The molecule has 0 bridgehead atoms. The van der Waals surface area contributed by atoms with E-state index in [0.29, 0.717) is 6.04 Å². The Hall–Kier alpha value is -0.510. The molecule has 1 atom stereocenters. The van der Waals surface area contributed by atoms with Gasteiger partial charge < -0.3 is 10.5 Å². The fraction of sp³-hybridized carbons (Fsp3) is 0.600. The number of ether oxygens (including phenoxy) is 1. The molecule has 0 radical (unpaired) electrons. The number of hydrogen-bond donors (Lipinski definition) is 1. The van der Waals surface area contributed by atoms with Crippen LogP contribution in [0.1, 0.15) is 24.8 Å². The summed E-state index contributed by atoms with van der Waals surface area (Å²) >= 11 is 1.87. The van der Waals surface area contributed by atoms with E-state index in [1.54, 1.807) is 0 Å². The average Bonchev–Trinajstić information content (AvgIpc) is 2.39. The lowest BCUT2D eigenvalue weighted by Gasteiger charge is -2.24. The van der Waals surface area contributed by atoms with Crippen LogP contribution in [0.3, 0.4) is 0 Å². The van der Waals surface area contributed by atoms with Crippen LogP contribution >= 0.6 is 11.8 Å². The molecule has 2 rings (SSSR count). The Bertz CT molecular complexity index is 346. The van der Waals surface area contributed by atoms with Gasteiger partial charge in [0.15, 0.2) is 0 Å². The molecule has 0 aliphatic carbocycles. The van der Waals surface area contributed by atoms with Crippen LogP contribution in [-0.4, -0.2) is 25.0 Å². The molecular formula is C15H23NOS. The van der Waals surface area contributed by atoms with Crippen LogP contribution in [0.2, 0.25) is 0 Å². The Morgan fingerprint density at radius 2 is 1.94 bits per heavy atom. The van der Waals surface area contributed by atoms with Crippen molar-refractivity contribution >= 4 is 11.8 Å². The molecule has 0 aromatic heterocycles. The molecule has 18 heavy (non-hydrogen) atoms. The fourth-order valence-corrected chi connectivity index (χ4v) is 3.19. The summed E-state index contributed by atoms with van der Waals surface area (Å²) in [4.78, 5) is 1.32. The van der Waals surface area contributed by atoms with Gasteiger partial charge in [-0.1, -0.05) is 17.7 Å². The lowest BCUT2D eigenvalue weighted by Crippen LogP contribution is -2.28. The van der Waals surface area contributed by atoms with E-state index in [1.807, 2.05) is 11.8 Å². The number of benzene rings is 1. The Morgan fingerprint density at radius 3 is 2.61 bits per heavy atom. The normalized spacial score (nSPS) is 18.8. The standard InChI is InChI=1S/C15H23NOS/c1-12-2-4-15(5-3-12)18-11-14(16)10-13-6-8-17-9-7-13/h2-5,13-14H,6-11,16H2,1H3. The summed E-state index contributed by atoms with van der Waals surface area (Å²) in [5, 5.41) is 0. The van der Waals surface area contributed by atoms with Crippen molar-refractivity contribution in [3.63, 3.8) is 0 Å². The van der Waals surface area contributed by atoms with Crippen molar-refractivity contribution in [2.45, 2.75) is 37.1 Å². The van der Waals surface area contributed by atoms with E-state index in [0.717, 1.165) is 31.3 Å². The first-order chi connectivity index (χ1) is 8.74. The third-order valence-corrected chi connectivity index (χ3v) is 4.66. The maximum absolute atomic E-state index is 6.22. The molecule has 2 nitrogen and oxygen atoms in total. The van der Waals surface area contributed by atoms with Crippen molar-refractivity contribution in [2.75, 3.05) is 19.0 Å². The molecule has 0 spiro atoms. The van der Waals surface area contributed by atoms with Gasteiger partial charge >= 0.3 is 0 Å². The monoisotopic (exact) mass is 265 g/mol. The molecule has 0 saturated carbocycles. The number of nitrogens with two attached hydrogens (primary N) is 1. The van der Waals surface area contributed by atoms with E-state index >= 15 is 0 Å². The van der Waals surface area contributed by atoms with Crippen molar-refractivity contribution in [1.29, 1.82) is 0 Å². The summed E-state index contributed by atoms with van der Waals surface area (Å²) in [6.07, 6.45) is 3.51. The SMILES string of the molecule is Cc1ccc(SCC(N)CC2CCOCC2)cc1. The molecule has 1 saturated heterocycles. The van der Waals surface area contributed by atoms with Crippen LogP contribution in [-0.2, 0) is 4.74 Å². The smallest absolute Gasteiger partial charge is 0.0468 e. The Kier molecular flexibility index (Phi) is 5.54. The van der Waals surface area contributed by atoms with Crippen molar-refractivity contribution in [3.05, 3.63) is 29.8 Å². The summed E-state index contributed by atoms with van der Waals surface area (Å²) in [6, 6.07) is 8.99. The minimum absolute atomic E-state index is 0.305. The predicted molar refractivity (Wildman–Crippen MR) is 78.0 cm³/mol. The number of hydrogen-bond acceptors (Lipinski definition) is 3. The van der Waals surface area contributed by atoms with E-state index in [4.69, 9.17) is 10.5 Å². The van der Waals surface area contributed by atoms with Gasteiger partial charge in [-0.2, -0.15) is 0 Å². The van der Waals surface area contributed by atoms with Crippen LogP contribution in [0.15, 0.2) is 29.2 Å². The van der Waals surface area contributed by atoms with Crippen LogP contribution in [0.25, 0.3) is 0 Å². The van der Waals surface area contributed by atoms with E-state index in [1.165, 1.54) is 23.3 Å². The van der Waals surface area contributed by atoms with E-state index < -0.39 is 0 Å². The molecule has 1 aromatic rings.